The van der Waals surface area contributed by atoms with Gasteiger partial charge in [-0.15, -0.1) is 11.3 Å². The maximum atomic E-state index is 12.1. The Morgan fingerprint density at radius 2 is 2.00 bits per heavy atom. The number of thiazole rings is 1. The number of nitrogens with zero attached hydrogens (tertiary/aromatic N) is 3. The third-order valence-electron chi connectivity index (χ3n) is 3.17. The Morgan fingerprint density at radius 1 is 1.25 bits per heavy atom. The van der Waals surface area contributed by atoms with Gasteiger partial charge in [-0.25, -0.2) is 9.67 Å². The molecule has 2 aromatic heterocycles. The molecule has 2 heterocycles. The van der Waals surface area contributed by atoms with E-state index < -0.39 is 0 Å². The van der Waals surface area contributed by atoms with Crippen molar-refractivity contribution in [3.8, 4) is 11.3 Å². The van der Waals surface area contributed by atoms with Crippen molar-refractivity contribution in [2.75, 3.05) is 5.32 Å². The topological polar surface area (TPSA) is 76.9 Å². The summed E-state index contributed by atoms with van der Waals surface area (Å²) < 4.78 is 2.10. The summed E-state index contributed by atoms with van der Waals surface area (Å²) in [6, 6.07) is 10.6. The highest BCUT2D eigenvalue weighted by molar-refractivity contribution is 9.10. The predicted molar refractivity (Wildman–Crippen MR) is 97.1 cm³/mol. The van der Waals surface area contributed by atoms with Crippen LogP contribution in [-0.2, 0) is 11.3 Å². The van der Waals surface area contributed by atoms with Crippen LogP contribution in [0.5, 0.6) is 0 Å². The lowest BCUT2D eigenvalue weighted by molar-refractivity contribution is -0.117. The highest BCUT2D eigenvalue weighted by Crippen LogP contribution is 2.19. The Balaban J connectivity index is 1.80. The first-order valence-electron chi connectivity index (χ1n) is 7.07. The lowest BCUT2D eigenvalue weighted by Crippen LogP contribution is -2.29. The van der Waals surface area contributed by atoms with Crippen LogP contribution in [0.3, 0.4) is 0 Å². The van der Waals surface area contributed by atoms with Crippen molar-refractivity contribution < 1.29 is 4.79 Å². The molecule has 0 saturated heterocycles. The summed E-state index contributed by atoms with van der Waals surface area (Å²) in [6.07, 6.45) is 0. The van der Waals surface area contributed by atoms with Gasteiger partial charge in [-0.3, -0.25) is 9.59 Å². The zero-order valence-corrected chi connectivity index (χ0v) is 15.1. The summed E-state index contributed by atoms with van der Waals surface area (Å²) in [5.74, 6) is -0.341. The summed E-state index contributed by atoms with van der Waals surface area (Å²) in [6.45, 7) is 1.68. The molecule has 1 aromatic carbocycles. The Hall–Kier alpha value is -2.32. The van der Waals surface area contributed by atoms with Gasteiger partial charge in [0.2, 0.25) is 5.91 Å². The number of carbonyl (C=O) groups is 1. The molecule has 0 saturated carbocycles. The van der Waals surface area contributed by atoms with E-state index >= 15 is 0 Å². The number of hydrogen-bond donors (Lipinski definition) is 1. The van der Waals surface area contributed by atoms with Crippen LogP contribution >= 0.6 is 27.3 Å². The van der Waals surface area contributed by atoms with E-state index in [1.807, 2.05) is 36.6 Å². The average Bonchev–Trinajstić information content (AvgIpc) is 2.95. The minimum Gasteiger partial charge on any atom is -0.300 e. The third-order valence-corrected chi connectivity index (χ3v) is 4.57. The molecule has 0 bridgehead atoms. The quantitative estimate of drug-likeness (QED) is 0.724. The number of nitrogens with one attached hydrogen (secondary N) is 1. The molecule has 0 radical (unpaired) electrons. The molecule has 6 nitrogen and oxygen atoms in total. The second-order valence-corrected chi connectivity index (χ2v) is 6.84. The number of anilines is 1. The highest BCUT2D eigenvalue weighted by atomic mass is 79.9. The molecule has 0 spiro atoms. The minimum absolute atomic E-state index is 0.165. The fourth-order valence-electron chi connectivity index (χ4n) is 2.04. The first-order chi connectivity index (χ1) is 11.5. The van der Waals surface area contributed by atoms with Gasteiger partial charge in [0.1, 0.15) is 6.54 Å². The lowest BCUT2D eigenvalue weighted by Gasteiger charge is -2.07. The number of halogens is 1. The summed E-state index contributed by atoms with van der Waals surface area (Å²) >= 11 is 4.72. The van der Waals surface area contributed by atoms with Gasteiger partial charge in [0.05, 0.1) is 11.4 Å². The Bertz CT molecular complexity index is 934. The van der Waals surface area contributed by atoms with Crippen LogP contribution in [0.15, 0.2) is 51.0 Å². The van der Waals surface area contributed by atoms with E-state index in [1.54, 1.807) is 6.07 Å². The molecule has 1 amide bonds. The van der Waals surface area contributed by atoms with Crippen LogP contribution in [0.4, 0.5) is 5.13 Å². The van der Waals surface area contributed by atoms with Gasteiger partial charge in [0.15, 0.2) is 5.13 Å². The number of rotatable bonds is 4. The van der Waals surface area contributed by atoms with E-state index in [0.29, 0.717) is 10.8 Å². The first kappa shape index (κ1) is 16.5. The van der Waals surface area contributed by atoms with Crippen molar-refractivity contribution >= 4 is 38.3 Å². The average molecular weight is 405 g/mol. The molecule has 0 aliphatic heterocycles. The van der Waals surface area contributed by atoms with Gasteiger partial charge in [0.25, 0.3) is 5.56 Å². The van der Waals surface area contributed by atoms with Gasteiger partial charge in [-0.05, 0) is 25.1 Å². The Labute approximate surface area is 150 Å². The number of amides is 1. The molecule has 8 heteroatoms. The molecule has 0 aliphatic carbocycles. The van der Waals surface area contributed by atoms with Crippen LogP contribution in [-0.4, -0.2) is 20.7 Å². The van der Waals surface area contributed by atoms with Crippen molar-refractivity contribution in [2.24, 2.45) is 0 Å². The largest absolute Gasteiger partial charge is 0.300 e. The van der Waals surface area contributed by atoms with Crippen LogP contribution in [0.1, 0.15) is 5.69 Å². The number of hydrogen-bond acceptors (Lipinski definition) is 5. The zero-order chi connectivity index (χ0) is 17.1. The Morgan fingerprint density at radius 3 is 2.67 bits per heavy atom. The van der Waals surface area contributed by atoms with Crippen molar-refractivity contribution in [1.29, 1.82) is 0 Å². The molecule has 0 unspecified atom stereocenters. The van der Waals surface area contributed by atoms with E-state index in [9.17, 15) is 9.59 Å². The fraction of sp³-hybridized carbons (Fsp3) is 0.125. The normalized spacial score (nSPS) is 10.6. The van der Waals surface area contributed by atoms with Crippen molar-refractivity contribution in [3.05, 3.63) is 62.3 Å². The number of aryl methyl sites for hydroxylation is 1. The summed E-state index contributed by atoms with van der Waals surface area (Å²) in [5.41, 5.74) is 1.99. The lowest BCUT2D eigenvalue weighted by atomic mass is 10.1. The molecule has 1 N–H and O–H groups in total. The highest BCUT2D eigenvalue weighted by Gasteiger charge is 2.10. The third kappa shape index (κ3) is 3.95. The smallest absolute Gasteiger partial charge is 0.267 e. The van der Waals surface area contributed by atoms with Gasteiger partial charge < -0.3 is 5.32 Å². The molecule has 24 heavy (non-hydrogen) atoms. The van der Waals surface area contributed by atoms with Gasteiger partial charge in [0, 0.05) is 21.5 Å². The number of benzene rings is 1. The number of carbonyl (C=O) groups excluding carboxylic acids is 1. The van der Waals surface area contributed by atoms with E-state index in [-0.39, 0.29) is 18.0 Å². The van der Waals surface area contributed by atoms with E-state index in [0.717, 1.165) is 20.4 Å². The summed E-state index contributed by atoms with van der Waals surface area (Å²) in [5, 5.41) is 9.29. The molecule has 3 aromatic rings. The van der Waals surface area contributed by atoms with Crippen molar-refractivity contribution in [3.63, 3.8) is 0 Å². The second-order valence-electron chi connectivity index (χ2n) is 5.06. The second kappa shape index (κ2) is 7.06. The molecular formula is C16H13BrN4O2S. The van der Waals surface area contributed by atoms with E-state index in [4.69, 9.17) is 0 Å². The molecule has 3 rings (SSSR count). The monoisotopic (exact) mass is 404 g/mol. The molecular weight excluding hydrogens is 392 g/mol. The first-order valence-corrected chi connectivity index (χ1v) is 8.74. The maximum Gasteiger partial charge on any atom is 0.267 e. The fourth-order valence-corrected chi connectivity index (χ4v) is 3.01. The van der Waals surface area contributed by atoms with Gasteiger partial charge in [-0.2, -0.15) is 5.10 Å². The number of aromatic nitrogens is 3. The Kier molecular flexibility index (Phi) is 4.86. The zero-order valence-electron chi connectivity index (χ0n) is 12.7. The van der Waals surface area contributed by atoms with E-state index in [1.165, 1.54) is 17.4 Å². The van der Waals surface area contributed by atoms with E-state index in [2.05, 4.69) is 31.3 Å². The van der Waals surface area contributed by atoms with Gasteiger partial charge >= 0.3 is 0 Å². The van der Waals surface area contributed by atoms with Crippen molar-refractivity contribution in [2.45, 2.75) is 13.5 Å². The standard InChI is InChI=1S/C16H13BrN4O2S/c1-10-9-24-16(18-10)19-14(22)8-21-15(23)7-6-13(20-21)11-2-4-12(17)5-3-11/h2-7,9H,8H2,1H3,(H,18,19,22). The van der Waals surface area contributed by atoms with Crippen molar-refractivity contribution in [1.82, 2.24) is 14.8 Å². The van der Waals surface area contributed by atoms with Crippen LogP contribution in [0, 0.1) is 6.92 Å². The van der Waals surface area contributed by atoms with Crippen LogP contribution in [0.2, 0.25) is 0 Å². The van der Waals surface area contributed by atoms with Gasteiger partial charge in [-0.1, -0.05) is 28.1 Å². The summed E-state index contributed by atoms with van der Waals surface area (Å²) in [4.78, 5) is 28.2. The van der Waals surface area contributed by atoms with Crippen LogP contribution < -0.4 is 10.9 Å². The molecule has 0 fully saturated rings. The maximum absolute atomic E-state index is 12.1. The summed E-state index contributed by atoms with van der Waals surface area (Å²) in [7, 11) is 0. The SMILES string of the molecule is Cc1csc(NC(=O)Cn2nc(-c3ccc(Br)cc3)ccc2=O)n1. The minimum atomic E-state index is -0.341. The molecule has 122 valence electrons. The molecule has 0 aliphatic rings. The van der Waals surface area contributed by atoms with Crippen LogP contribution in [0.25, 0.3) is 11.3 Å². The molecule has 0 atom stereocenters. The predicted octanol–water partition coefficient (Wildman–Crippen LogP) is 3.08.